The van der Waals surface area contributed by atoms with Gasteiger partial charge in [-0.2, -0.15) is 0 Å². The molecule has 0 fully saturated rings. The van der Waals surface area contributed by atoms with Gasteiger partial charge < -0.3 is 0 Å². The average molecular weight is 247 g/mol. The summed E-state index contributed by atoms with van der Waals surface area (Å²) in [5.41, 5.74) is 0.498. The van der Waals surface area contributed by atoms with Crippen LogP contribution in [0.2, 0.25) is 0 Å². The van der Waals surface area contributed by atoms with Crippen LogP contribution >= 0.6 is 0 Å². The number of halogens is 2. The van der Waals surface area contributed by atoms with Crippen molar-refractivity contribution in [2.45, 2.75) is 12.8 Å². The van der Waals surface area contributed by atoms with Gasteiger partial charge in [0.1, 0.15) is 0 Å². The summed E-state index contributed by atoms with van der Waals surface area (Å²) in [4.78, 5) is 15.9. The molecule has 0 aliphatic rings. The maximum atomic E-state index is 13.5. The second-order valence-corrected chi connectivity index (χ2v) is 3.97. The monoisotopic (exact) mass is 247 g/mol. The summed E-state index contributed by atoms with van der Waals surface area (Å²) in [7, 11) is 0. The zero-order valence-electron chi connectivity index (χ0n) is 9.73. The molecule has 1 unspecified atom stereocenters. The quantitative estimate of drug-likeness (QED) is 0.778. The first kappa shape index (κ1) is 12.4. The molecule has 2 aromatic rings. The highest BCUT2D eigenvalue weighted by Crippen LogP contribution is 2.22. The fourth-order valence-electron chi connectivity index (χ4n) is 1.73. The van der Waals surface area contributed by atoms with E-state index in [9.17, 15) is 13.6 Å². The summed E-state index contributed by atoms with van der Waals surface area (Å²) < 4.78 is 26.6. The van der Waals surface area contributed by atoms with Gasteiger partial charge in [-0.3, -0.25) is 9.78 Å². The Bertz CT molecular complexity index is 569. The Balaban J connectivity index is 2.35. The maximum Gasteiger partial charge on any atom is 0.173 e. The normalized spacial score (nSPS) is 12.2. The number of Topliss-reactive ketones (excluding diaryl/α,β-unsaturated/α-hetero) is 1. The second-order valence-electron chi connectivity index (χ2n) is 3.97. The fourth-order valence-corrected chi connectivity index (χ4v) is 1.73. The third kappa shape index (κ3) is 2.27. The average Bonchev–Trinajstić information content (AvgIpc) is 2.41. The van der Waals surface area contributed by atoms with Gasteiger partial charge >= 0.3 is 0 Å². The molecular weight excluding hydrogens is 236 g/mol. The number of hydrogen-bond acceptors (Lipinski definition) is 2. The predicted octanol–water partition coefficient (Wildman–Crippen LogP) is 3.35. The van der Waals surface area contributed by atoms with Crippen LogP contribution in [0.5, 0.6) is 0 Å². The molecule has 0 saturated heterocycles. The molecule has 2 rings (SSSR count). The number of ketones is 1. The van der Waals surface area contributed by atoms with Crippen LogP contribution in [-0.4, -0.2) is 10.8 Å². The first-order valence-electron chi connectivity index (χ1n) is 5.49. The van der Waals surface area contributed by atoms with Crippen molar-refractivity contribution in [3.8, 4) is 0 Å². The predicted molar refractivity (Wildman–Crippen MR) is 63.3 cm³/mol. The lowest BCUT2D eigenvalue weighted by Crippen LogP contribution is -2.12. The number of pyridine rings is 1. The Kier molecular flexibility index (Phi) is 3.46. The van der Waals surface area contributed by atoms with Crippen molar-refractivity contribution in [1.29, 1.82) is 0 Å². The van der Waals surface area contributed by atoms with Crippen molar-refractivity contribution >= 4 is 5.78 Å². The highest BCUT2D eigenvalue weighted by molar-refractivity contribution is 6.00. The van der Waals surface area contributed by atoms with Gasteiger partial charge in [0.15, 0.2) is 17.4 Å². The molecule has 0 aliphatic heterocycles. The highest BCUT2D eigenvalue weighted by atomic mass is 19.2. The van der Waals surface area contributed by atoms with E-state index in [1.807, 2.05) is 0 Å². The van der Waals surface area contributed by atoms with E-state index in [4.69, 9.17) is 0 Å². The summed E-state index contributed by atoms with van der Waals surface area (Å²) in [5, 5.41) is 0. The van der Waals surface area contributed by atoms with E-state index in [1.54, 1.807) is 31.5 Å². The van der Waals surface area contributed by atoms with Gasteiger partial charge in [0.25, 0.3) is 0 Å². The molecule has 4 heteroatoms. The number of rotatable bonds is 3. The number of hydrogen-bond donors (Lipinski definition) is 0. The van der Waals surface area contributed by atoms with Crippen LogP contribution in [0.3, 0.4) is 0 Å². The Morgan fingerprint density at radius 3 is 2.50 bits per heavy atom. The molecule has 0 bridgehead atoms. The van der Waals surface area contributed by atoms with E-state index in [1.165, 1.54) is 12.1 Å². The van der Waals surface area contributed by atoms with Crippen LogP contribution in [0.25, 0.3) is 0 Å². The van der Waals surface area contributed by atoms with Crippen molar-refractivity contribution in [2.24, 2.45) is 0 Å². The van der Waals surface area contributed by atoms with Gasteiger partial charge in [-0.25, -0.2) is 8.78 Å². The van der Waals surface area contributed by atoms with E-state index < -0.39 is 23.3 Å². The van der Waals surface area contributed by atoms with Gasteiger partial charge in [-0.05, 0) is 29.8 Å². The highest BCUT2D eigenvalue weighted by Gasteiger charge is 2.21. The summed E-state index contributed by atoms with van der Waals surface area (Å²) in [5.74, 6) is -3.09. The van der Waals surface area contributed by atoms with E-state index >= 15 is 0 Å². The van der Waals surface area contributed by atoms with E-state index in [-0.39, 0.29) is 5.56 Å². The van der Waals surface area contributed by atoms with Crippen molar-refractivity contribution in [1.82, 2.24) is 4.98 Å². The van der Waals surface area contributed by atoms with Gasteiger partial charge in [-0.15, -0.1) is 0 Å². The standard InChI is InChI=1S/C14H11F2NO/c1-9(10-5-7-17-8-6-10)14(18)11-3-2-4-12(15)13(11)16/h2-9H,1H3. The molecule has 0 radical (unpaired) electrons. The molecule has 1 aromatic heterocycles. The zero-order valence-corrected chi connectivity index (χ0v) is 9.73. The van der Waals surface area contributed by atoms with Crippen molar-refractivity contribution in [2.75, 3.05) is 0 Å². The molecule has 0 aliphatic carbocycles. The van der Waals surface area contributed by atoms with Crippen LogP contribution in [-0.2, 0) is 0 Å². The molecule has 1 heterocycles. The summed E-state index contributed by atoms with van der Waals surface area (Å²) in [6.07, 6.45) is 3.11. The van der Waals surface area contributed by atoms with Crippen LogP contribution in [0.4, 0.5) is 8.78 Å². The van der Waals surface area contributed by atoms with E-state index in [2.05, 4.69) is 4.98 Å². The van der Waals surface area contributed by atoms with Gasteiger partial charge in [0.2, 0.25) is 0 Å². The smallest absolute Gasteiger partial charge is 0.173 e. The Hall–Kier alpha value is -2.10. The zero-order chi connectivity index (χ0) is 13.1. The first-order chi connectivity index (χ1) is 8.61. The third-order valence-corrected chi connectivity index (χ3v) is 2.82. The minimum atomic E-state index is -1.09. The Morgan fingerprint density at radius 1 is 1.17 bits per heavy atom. The van der Waals surface area contributed by atoms with Crippen LogP contribution in [0.15, 0.2) is 42.7 Å². The number of carbonyl (C=O) groups is 1. The molecule has 92 valence electrons. The number of nitrogens with zero attached hydrogens (tertiary/aromatic N) is 1. The summed E-state index contributed by atoms with van der Waals surface area (Å²) >= 11 is 0. The molecule has 1 atom stereocenters. The molecule has 0 amide bonds. The van der Waals surface area contributed by atoms with Gasteiger partial charge in [-0.1, -0.05) is 13.0 Å². The first-order valence-corrected chi connectivity index (χ1v) is 5.49. The number of carbonyl (C=O) groups excluding carboxylic acids is 1. The minimum Gasteiger partial charge on any atom is -0.293 e. The van der Waals surface area contributed by atoms with E-state index in [0.29, 0.717) is 0 Å². The third-order valence-electron chi connectivity index (χ3n) is 2.82. The molecule has 0 spiro atoms. The number of benzene rings is 1. The van der Waals surface area contributed by atoms with Crippen molar-refractivity contribution < 1.29 is 13.6 Å². The lowest BCUT2D eigenvalue weighted by molar-refractivity contribution is 0.0961. The molecule has 0 saturated carbocycles. The number of aromatic nitrogens is 1. The van der Waals surface area contributed by atoms with Crippen LogP contribution in [0, 0.1) is 11.6 Å². The largest absolute Gasteiger partial charge is 0.293 e. The summed E-state index contributed by atoms with van der Waals surface area (Å²) in [6, 6.07) is 6.96. The lowest BCUT2D eigenvalue weighted by atomic mass is 9.93. The lowest BCUT2D eigenvalue weighted by Gasteiger charge is -2.11. The summed E-state index contributed by atoms with van der Waals surface area (Å²) in [6.45, 7) is 1.65. The SMILES string of the molecule is CC(C(=O)c1cccc(F)c1F)c1ccncc1. The molecule has 2 nitrogen and oxygen atoms in total. The Labute approximate surface area is 103 Å². The Morgan fingerprint density at radius 2 is 1.83 bits per heavy atom. The van der Waals surface area contributed by atoms with Crippen LogP contribution in [0.1, 0.15) is 28.8 Å². The molecule has 1 aromatic carbocycles. The van der Waals surface area contributed by atoms with Crippen molar-refractivity contribution in [3.63, 3.8) is 0 Å². The maximum absolute atomic E-state index is 13.5. The van der Waals surface area contributed by atoms with Crippen molar-refractivity contribution in [3.05, 3.63) is 65.5 Å². The second kappa shape index (κ2) is 5.04. The topological polar surface area (TPSA) is 30.0 Å². The van der Waals surface area contributed by atoms with Gasteiger partial charge in [0, 0.05) is 18.3 Å². The molecule has 0 N–H and O–H groups in total. The van der Waals surface area contributed by atoms with E-state index in [0.717, 1.165) is 11.6 Å². The minimum absolute atomic E-state index is 0.223. The van der Waals surface area contributed by atoms with Gasteiger partial charge in [0.05, 0.1) is 5.56 Å². The fraction of sp³-hybridized carbons (Fsp3) is 0.143. The molecule has 18 heavy (non-hydrogen) atoms. The molecular formula is C14H11F2NO. The van der Waals surface area contributed by atoms with Crippen LogP contribution < -0.4 is 0 Å².